The highest BCUT2D eigenvalue weighted by molar-refractivity contribution is 7.93. The zero-order valence-electron chi connectivity index (χ0n) is 19.8. The van der Waals surface area contributed by atoms with Crippen molar-refractivity contribution in [2.45, 2.75) is 38.2 Å². The highest BCUT2D eigenvalue weighted by Gasteiger charge is 2.37. The van der Waals surface area contributed by atoms with Gasteiger partial charge in [-0.05, 0) is 63.2 Å². The summed E-state index contributed by atoms with van der Waals surface area (Å²) in [4.78, 5) is 28.2. The van der Waals surface area contributed by atoms with Gasteiger partial charge in [-0.1, -0.05) is 35.3 Å². The number of rotatable bonds is 6. The molecule has 190 valence electrons. The summed E-state index contributed by atoms with van der Waals surface area (Å²) in [5.74, 6) is -0.0258. The van der Waals surface area contributed by atoms with Gasteiger partial charge >= 0.3 is 6.09 Å². The topological polar surface area (TPSA) is 115 Å². The fourth-order valence-corrected chi connectivity index (χ4v) is 4.64. The van der Waals surface area contributed by atoms with E-state index in [0.717, 1.165) is 6.20 Å². The first kappa shape index (κ1) is 27.3. The van der Waals surface area contributed by atoms with E-state index in [1.54, 1.807) is 32.9 Å². The van der Waals surface area contributed by atoms with Crippen LogP contribution in [-0.2, 0) is 19.6 Å². The van der Waals surface area contributed by atoms with Gasteiger partial charge < -0.3 is 14.8 Å². The van der Waals surface area contributed by atoms with Gasteiger partial charge in [0.15, 0.2) is 5.75 Å². The van der Waals surface area contributed by atoms with E-state index in [9.17, 15) is 18.0 Å². The largest absolute Gasteiger partial charge is 0.454 e. The van der Waals surface area contributed by atoms with Crippen molar-refractivity contribution in [2.75, 3.05) is 9.62 Å². The fraction of sp³-hybridized carbons (Fsp3) is 0.208. The van der Waals surface area contributed by atoms with Crippen LogP contribution in [0.3, 0.4) is 0 Å². The Bertz CT molecular complexity index is 1390. The monoisotopic (exact) mass is 551 g/mol. The molecule has 1 aromatic heterocycles. The van der Waals surface area contributed by atoms with Crippen molar-refractivity contribution in [3.63, 3.8) is 0 Å². The smallest absolute Gasteiger partial charge is 0.429 e. The second-order valence-corrected chi connectivity index (χ2v) is 11.1. The van der Waals surface area contributed by atoms with Crippen LogP contribution >= 0.6 is 23.2 Å². The molecule has 0 spiro atoms. The second kappa shape index (κ2) is 10.7. The van der Waals surface area contributed by atoms with Gasteiger partial charge in [-0.15, -0.1) is 0 Å². The lowest BCUT2D eigenvalue weighted by Gasteiger charge is -2.28. The zero-order valence-corrected chi connectivity index (χ0v) is 22.1. The standard InChI is InChI=1S/C24H23Cl2N3O6S/c1-15(30)28-22-12-10-17(14-27-22)36(32,33)29(23(31)35-24(2,3)4)19-7-5-6-8-21(19)34-20-11-9-16(25)13-18(20)26/h5-14H,1-4H3,(H,27,28,30). The number of amides is 2. The molecule has 0 aliphatic rings. The first-order valence-corrected chi connectivity index (χ1v) is 12.7. The van der Waals surface area contributed by atoms with Crippen molar-refractivity contribution in [3.8, 4) is 11.5 Å². The summed E-state index contributed by atoms with van der Waals surface area (Å²) in [6.07, 6.45) is -0.135. The number of carbonyl (C=O) groups is 2. The third-order valence-corrected chi connectivity index (χ3v) is 6.53. The van der Waals surface area contributed by atoms with Crippen molar-refractivity contribution >= 4 is 56.7 Å². The minimum Gasteiger partial charge on any atom is -0.454 e. The van der Waals surface area contributed by atoms with Gasteiger partial charge in [-0.2, -0.15) is 4.31 Å². The summed E-state index contributed by atoms with van der Waals surface area (Å²) >= 11 is 12.2. The Morgan fingerprint density at radius 2 is 1.69 bits per heavy atom. The predicted molar refractivity (Wildman–Crippen MR) is 137 cm³/mol. The Morgan fingerprint density at radius 1 is 1.00 bits per heavy atom. The van der Waals surface area contributed by atoms with Gasteiger partial charge in [0.25, 0.3) is 10.0 Å². The summed E-state index contributed by atoms with van der Waals surface area (Å²) < 4.78 is 39.2. The predicted octanol–water partition coefficient (Wildman–Crippen LogP) is 6.27. The van der Waals surface area contributed by atoms with Crippen molar-refractivity contribution in [2.24, 2.45) is 0 Å². The maximum atomic E-state index is 13.7. The Morgan fingerprint density at radius 3 is 2.28 bits per heavy atom. The molecule has 0 bridgehead atoms. The maximum Gasteiger partial charge on any atom is 0.429 e. The van der Waals surface area contributed by atoms with Crippen molar-refractivity contribution < 1.29 is 27.5 Å². The number of pyridine rings is 1. The molecule has 3 aromatic rings. The van der Waals surface area contributed by atoms with Crippen molar-refractivity contribution in [3.05, 3.63) is 70.8 Å². The number of halogens is 2. The molecule has 0 fully saturated rings. The van der Waals surface area contributed by atoms with Crippen LogP contribution in [0.15, 0.2) is 65.7 Å². The van der Waals surface area contributed by atoms with Gasteiger partial charge in [0.1, 0.15) is 27.8 Å². The van der Waals surface area contributed by atoms with Gasteiger partial charge in [0.05, 0.1) is 5.02 Å². The van der Waals surface area contributed by atoms with Crippen LogP contribution in [0.4, 0.5) is 16.3 Å². The molecular weight excluding hydrogens is 529 g/mol. The van der Waals surface area contributed by atoms with Crippen LogP contribution in [0.25, 0.3) is 0 Å². The molecule has 0 saturated carbocycles. The molecule has 0 atom stereocenters. The molecule has 0 unspecified atom stereocenters. The lowest BCUT2D eigenvalue weighted by Crippen LogP contribution is -2.41. The van der Waals surface area contributed by atoms with Crippen molar-refractivity contribution in [1.82, 2.24) is 4.98 Å². The first-order valence-electron chi connectivity index (χ1n) is 10.5. The van der Waals surface area contributed by atoms with E-state index in [-0.39, 0.29) is 38.8 Å². The molecular formula is C24H23Cl2N3O6S. The highest BCUT2D eigenvalue weighted by atomic mass is 35.5. The number of sulfonamides is 1. The summed E-state index contributed by atoms with van der Waals surface area (Å²) in [6.45, 7) is 6.11. The number of ether oxygens (including phenoxy) is 2. The van der Waals surface area contributed by atoms with Crippen LogP contribution < -0.4 is 14.4 Å². The lowest BCUT2D eigenvalue weighted by molar-refractivity contribution is -0.114. The molecule has 2 aromatic carbocycles. The summed E-state index contributed by atoms with van der Waals surface area (Å²) in [5.41, 5.74) is -1.13. The van der Waals surface area contributed by atoms with Gasteiger partial charge in [-0.3, -0.25) is 4.79 Å². The summed E-state index contributed by atoms with van der Waals surface area (Å²) in [7, 11) is -4.55. The molecule has 36 heavy (non-hydrogen) atoms. The number of aromatic nitrogens is 1. The van der Waals surface area contributed by atoms with E-state index in [4.69, 9.17) is 32.7 Å². The van der Waals surface area contributed by atoms with E-state index >= 15 is 0 Å². The van der Waals surface area contributed by atoms with Crippen LogP contribution in [0.2, 0.25) is 10.0 Å². The maximum absolute atomic E-state index is 13.7. The minimum atomic E-state index is -4.55. The molecule has 0 aliphatic carbocycles. The number of nitrogens with zero attached hydrogens (tertiary/aromatic N) is 2. The lowest BCUT2D eigenvalue weighted by atomic mass is 10.2. The summed E-state index contributed by atoms with van der Waals surface area (Å²) in [6, 6.07) is 13.1. The number of para-hydroxylation sites is 2. The molecule has 1 N–H and O–H groups in total. The molecule has 3 rings (SSSR count). The van der Waals surface area contributed by atoms with E-state index in [1.807, 2.05) is 0 Å². The Hall–Kier alpha value is -3.34. The van der Waals surface area contributed by atoms with E-state index in [1.165, 1.54) is 49.4 Å². The average molecular weight is 552 g/mol. The molecule has 0 radical (unpaired) electrons. The molecule has 1 heterocycles. The third kappa shape index (κ3) is 6.66. The number of anilines is 2. The summed E-state index contributed by atoms with van der Waals surface area (Å²) in [5, 5.41) is 3.02. The SMILES string of the molecule is CC(=O)Nc1ccc(S(=O)(=O)N(C(=O)OC(C)(C)C)c2ccccc2Oc2ccc(Cl)cc2Cl)cn1. The molecule has 0 aliphatic heterocycles. The molecule has 0 saturated heterocycles. The molecule has 9 nitrogen and oxygen atoms in total. The highest BCUT2D eigenvalue weighted by Crippen LogP contribution is 2.39. The quantitative estimate of drug-likeness (QED) is 0.383. The molecule has 2 amide bonds. The Kier molecular flexibility index (Phi) is 8.12. The Labute approximate surface area is 219 Å². The van der Waals surface area contributed by atoms with Gasteiger partial charge in [0, 0.05) is 18.1 Å². The van der Waals surface area contributed by atoms with Crippen molar-refractivity contribution in [1.29, 1.82) is 0 Å². The minimum absolute atomic E-state index is 0.0129. The molecule has 12 heteroatoms. The zero-order chi connectivity index (χ0) is 26.7. The first-order chi connectivity index (χ1) is 16.8. The number of carbonyl (C=O) groups excluding carboxylic acids is 2. The second-order valence-electron chi connectivity index (χ2n) is 8.45. The van der Waals surface area contributed by atoms with E-state index < -0.39 is 21.7 Å². The number of hydrogen-bond donors (Lipinski definition) is 1. The average Bonchev–Trinajstić information content (AvgIpc) is 2.75. The number of hydrogen-bond acceptors (Lipinski definition) is 7. The van der Waals surface area contributed by atoms with Crippen LogP contribution in [0.1, 0.15) is 27.7 Å². The normalized spacial score (nSPS) is 11.5. The fourth-order valence-electron chi connectivity index (χ4n) is 2.91. The van der Waals surface area contributed by atoms with Crippen LogP contribution in [0, 0.1) is 0 Å². The Balaban J connectivity index is 2.12. The number of nitrogens with one attached hydrogen (secondary N) is 1. The van der Waals surface area contributed by atoms with E-state index in [0.29, 0.717) is 9.33 Å². The van der Waals surface area contributed by atoms with Crippen LogP contribution in [0.5, 0.6) is 11.5 Å². The third-order valence-electron chi connectivity index (χ3n) is 4.34. The van der Waals surface area contributed by atoms with Gasteiger partial charge in [0.2, 0.25) is 5.91 Å². The van der Waals surface area contributed by atoms with Gasteiger partial charge in [-0.25, -0.2) is 18.2 Å². The number of benzene rings is 2. The van der Waals surface area contributed by atoms with E-state index in [2.05, 4.69) is 10.3 Å². The van der Waals surface area contributed by atoms with Crippen LogP contribution in [-0.4, -0.2) is 31.0 Å².